The number of benzene rings is 1. The van der Waals surface area contributed by atoms with E-state index in [2.05, 4.69) is 17.4 Å². The lowest BCUT2D eigenvalue weighted by Gasteiger charge is -2.54. The lowest BCUT2D eigenvalue weighted by Crippen LogP contribution is -2.57. The molecule has 0 heterocycles. The van der Waals surface area contributed by atoms with Crippen molar-refractivity contribution in [3.05, 3.63) is 41.7 Å². The zero-order chi connectivity index (χ0) is 19.3. The van der Waals surface area contributed by atoms with Crippen LogP contribution in [-0.2, 0) is 10.2 Å². The number of aliphatic hydroxyl groups excluding tert-OH is 1. The van der Waals surface area contributed by atoms with Gasteiger partial charge in [-0.1, -0.05) is 12.1 Å². The Morgan fingerprint density at radius 3 is 2.33 bits per heavy atom. The Bertz CT molecular complexity index is 663. The summed E-state index contributed by atoms with van der Waals surface area (Å²) in [5, 5.41) is 12.1. The summed E-state index contributed by atoms with van der Waals surface area (Å²) in [4.78, 5) is 11.9. The molecule has 0 saturated heterocycles. The number of ether oxygens (including phenoxy) is 1. The van der Waals surface area contributed by atoms with E-state index in [0.29, 0.717) is 17.7 Å². The van der Waals surface area contributed by atoms with Gasteiger partial charge in [0.25, 0.3) is 0 Å². The van der Waals surface area contributed by atoms with Gasteiger partial charge >= 0.3 is 0 Å². The maximum Gasteiger partial charge on any atom is 0.222 e. The second-order valence-corrected chi connectivity index (χ2v) is 7.87. The normalized spacial score (nSPS) is 27.4. The Labute approximate surface area is 159 Å². The number of hydrogen-bond donors (Lipinski definition) is 3. The van der Waals surface area contributed by atoms with Gasteiger partial charge in [-0.3, -0.25) is 4.79 Å². The smallest absolute Gasteiger partial charge is 0.222 e. The molecule has 0 unspecified atom stereocenters. The maximum atomic E-state index is 12.6. The van der Waals surface area contributed by atoms with Crippen LogP contribution in [0, 0.1) is 0 Å². The van der Waals surface area contributed by atoms with Gasteiger partial charge in [-0.15, -0.1) is 0 Å². The lowest BCUT2D eigenvalue weighted by molar-refractivity contribution is -0.125. The van der Waals surface area contributed by atoms with Crippen molar-refractivity contribution in [3.63, 3.8) is 0 Å². The van der Waals surface area contributed by atoms with Crippen LogP contribution in [0.2, 0.25) is 0 Å². The first-order valence-corrected chi connectivity index (χ1v) is 9.68. The van der Waals surface area contributed by atoms with Gasteiger partial charge < -0.3 is 20.9 Å². The molecule has 148 valence electrons. The van der Waals surface area contributed by atoms with Crippen LogP contribution in [0.4, 0.5) is 4.39 Å². The van der Waals surface area contributed by atoms with Crippen LogP contribution in [0.25, 0.3) is 0 Å². The van der Waals surface area contributed by atoms with Crippen LogP contribution in [0.3, 0.4) is 0 Å². The summed E-state index contributed by atoms with van der Waals surface area (Å²) in [7, 11) is 0. The molecule has 3 aliphatic carbocycles. The van der Waals surface area contributed by atoms with E-state index >= 15 is 0 Å². The first-order chi connectivity index (χ1) is 13.0. The van der Waals surface area contributed by atoms with Gasteiger partial charge in [0.05, 0.1) is 12.9 Å². The summed E-state index contributed by atoms with van der Waals surface area (Å²) >= 11 is 0. The van der Waals surface area contributed by atoms with E-state index in [0.717, 1.165) is 38.5 Å². The average Bonchev–Trinajstić information content (AvgIpc) is 2.70. The van der Waals surface area contributed by atoms with Crippen LogP contribution in [0.15, 0.2) is 36.2 Å². The van der Waals surface area contributed by atoms with E-state index in [4.69, 9.17) is 15.6 Å². The number of nitrogens with two attached hydrogens (primary N) is 1. The van der Waals surface area contributed by atoms with Crippen molar-refractivity contribution in [3.8, 4) is 5.75 Å². The van der Waals surface area contributed by atoms with Gasteiger partial charge in [0.1, 0.15) is 12.4 Å². The standard InChI is InChI=1S/C21H29FN2O3/c22-13-16(14-23)15-27-18-3-1-17(2-4-18)20-6-9-21(10-7-20,11-8-20)24-19(26)5-12-25/h1-4,13,25H,5-12,14-15,23H2,(H,24,26)/b16-13+. The van der Waals surface area contributed by atoms with E-state index in [1.54, 1.807) is 0 Å². The molecule has 3 aliphatic rings. The fraction of sp³-hybridized carbons (Fsp3) is 0.571. The predicted molar refractivity (Wildman–Crippen MR) is 102 cm³/mol. The molecule has 6 heteroatoms. The van der Waals surface area contributed by atoms with Crippen LogP contribution in [0.1, 0.15) is 50.5 Å². The molecule has 5 nitrogen and oxygen atoms in total. The van der Waals surface area contributed by atoms with E-state index in [1.165, 1.54) is 5.56 Å². The third kappa shape index (κ3) is 4.33. The summed E-state index contributed by atoms with van der Waals surface area (Å²) in [5.74, 6) is 0.660. The third-order valence-corrected chi connectivity index (χ3v) is 6.30. The van der Waals surface area contributed by atoms with Crippen molar-refractivity contribution in [2.45, 2.75) is 55.9 Å². The quantitative estimate of drug-likeness (QED) is 0.651. The van der Waals surface area contributed by atoms with Crippen molar-refractivity contribution in [1.29, 1.82) is 0 Å². The number of nitrogens with one attached hydrogen (secondary N) is 1. The van der Waals surface area contributed by atoms with Crippen LogP contribution < -0.4 is 15.8 Å². The Morgan fingerprint density at radius 1 is 1.19 bits per heavy atom. The highest BCUT2D eigenvalue weighted by Gasteiger charge is 2.49. The Hall–Kier alpha value is -1.92. The maximum absolute atomic E-state index is 12.6. The second-order valence-electron chi connectivity index (χ2n) is 7.87. The number of carbonyl (C=O) groups is 1. The van der Waals surface area contributed by atoms with Gasteiger partial charge in [0.2, 0.25) is 5.91 Å². The molecule has 0 aliphatic heterocycles. The Kier molecular flexibility index (Phi) is 6.17. The monoisotopic (exact) mass is 376 g/mol. The van der Waals surface area contributed by atoms with E-state index < -0.39 is 0 Å². The number of fused-ring (bicyclic) bond motifs is 3. The predicted octanol–water partition coefficient (Wildman–Crippen LogP) is 2.72. The molecule has 0 atom stereocenters. The summed E-state index contributed by atoms with van der Waals surface area (Å²) < 4.78 is 18.2. The minimum absolute atomic E-state index is 0.0485. The molecular formula is C21H29FN2O3. The number of carbonyl (C=O) groups excluding carboxylic acids is 1. The fourth-order valence-electron chi connectivity index (χ4n) is 4.48. The highest BCUT2D eigenvalue weighted by atomic mass is 19.1. The van der Waals surface area contributed by atoms with Crippen molar-refractivity contribution in [2.24, 2.45) is 5.73 Å². The molecule has 27 heavy (non-hydrogen) atoms. The molecule has 0 aromatic heterocycles. The zero-order valence-corrected chi connectivity index (χ0v) is 15.7. The molecule has 4 rings (SSSR count). The highest BCUT2D eigenvalue weighted by molar-refractivity contribution is 5.77. The molecule has 1 amide bonds. The minimum atomic E-state index is -0.103. The third-order valence-electron chi connectivity index (χ3n) is 6.30. The van der Waals surface area contributed by atoms with Gasteiger partial charge in [-0.05, 0) is 61.6 Å². The first kappa shape index (κ1) is 19.8. The molecule has 3 fully saturated rings. The van der Waals surface area contributed by atoms with Crippen molar-refractivity contribution in [2.75, 3.05) is 19.8 Å². The van der Waals surface area contributed by atoms with E-state index in [-0.39, 0.29) is 43.0 Å². The van der Waals surface area contributed by atoms with Gasteiger partial charge in [0, 0.05) is 24.1 Å². The molecule has 1 aromatic carbocycles. The molecule has 1 aromatic rings. The molecule has 0 spiro atoms. The second kappa shape index (κ2) is 8.40. The van der Waals surface area contributed by atoms with Crippen molar-refractivity contribution >= 4 is 5.91 Å². The van der Waals surface area contributed by atoms with Crippen LogP contribution >= 0.6 is 0 Å². The SMILES string of the molecule is NC/C(=C\F)COc1ccc(C23CCC(NC(=O)CCO)(CC2)CC3)cc1. The summed E-state index contributed by atoms with van der Waals surface area (Å²) in [5.41, 5.74) is 7.26. The first-order valence-electron chi connectivity index (χ1n) is 9.68. The lowest BCUT2D eigenvalue weighted by atomic mass is 9.55. The zero-order valence-electron chi connectivity index (χ0n) is 15.7. The summed E-state index contributed by atoms with van der Waals surface area (Å²) in [6.45, 7) is 0.204. The topological polar surface area (TPSA) is 84.6 Å². The van der Waals surface area contributed by atoms with Crippen LogP contribution in [-0.4, -0.2) is 36.3 Å². The molecular weight excluding hydrogens is 347 g/mol. The number of halogens is 1. The molecule has 0 radical (unpaired) electrons. The number of hydrogen-bond acceptors (Lipinski definition) is 4. The minimum Gasteiger partial charge on any atom is -0.489 e. The molecule has 3 saturated carbocycles. The number of amides is 1. The average molecular weight is 376 g/mol. The van der Waals surface area contributed by atoms with E-state index in [9.17, 15) is 9.18 Å². The van der Waals surface area contributed by atoms with Crippen molar-refractivity contribution < 1.29 is 19.0 Å². The highest BCUT2D eigenvalue weighted by Crippen LogP contribution is 2.53. The van der Waals surface area contributed by atoms with Crippen LogP contribution in [0.5, 0.6) is 5.75 Å². The number of rotatable bonds is 8. The Morgan fingerprint density at radius 2 is 1.81 bits per heavy atom. The van der Waals surface area contributed by atoms with Gasteiger partial charge in [-0.2, -0.15) is 0 Å². The fourth-order valence-corrected chi connectivity index (χ4v) is 4.48. The summed E-state index contributed by atoms with van der Waals surface area (Å²) in [6.07, 6.45) is 6.76. The van der Waals surface area contributed by atoms with E-state index in [1.807, 2.05) is 12.1 Å². The molecule has 4 N–H and O–H groups in total. The summed E-state index contributed by atoms with van der Waals surface area (Å²) in [6, 6.07) is 8.10. The molecule has 2 bridgehead atoms. The van der Waals surface area contributed by atoms with Gasteiger partial charge in [-0.25, -0.2) is 4.39 Å². The number of aliphatic hydroxyl groups is 1. The largest absolute Gasteiger partial charge is 0.489 e. The van der Waals surface area contributed by atoms with Crippen molar-refractivity contribution in [1.82, 2.24) is 5.32 Å². The van der Waals surface area contributed by atoms with Gasteiger partial charge in [0.15, 0.2) is 0 Å². The Balaban J connectivity index is 1.61.